The molecule has 1 aliphatic heterocycles. The summed E-state index contributed by atoms with van der Waals surface area (Å²) in [6, 6.07) is 10.2. The van der Waals surface area contributed by atoms with Gasteiger partial charge in [-0.1, -0.05) is 36.8 Å². The largest absolute Gasteiger partial charge is 0.346 e. The van der Waals surface area contributed by atoms with Crippen LogP contribution in [0.5, 0.6) is 0 Å². The van der Waals surface area contributed by atoms with Crippen LogP contribution in [0.15, 0.2) is 30.3 Å². The predicted molar refractivity (Wildman–Crippen MR) is 74.3 cm³/mol. The minimum atomic E-state index is -0.693. The number of ketones is 1. The van der Waals surface area contributed by atoms with E-state index in [2.05, 4.69) is 12.1 Å². The molecule has 2 aliphatic carbocycles. The molecule has 1 spiro atoms. The van der Waals surface area contributed by atoms with Crippen LogP contribution in [0, 0.1) is 5.92 Å². The summed E-state index contributed by atoms with van der Waals surface area (Å²) in [5.74, 6) is -0.0275. The van der Waals surface area contributed by atoms with Gasteiger partial charge in [-0.3, -0.25) is 4.79 Å². The first-order chi connectivity index (χ1) is 9.80. The Kier molecular flexibility index (Phi) is 2.76. The summed E-state index contributed by atoms with van der Waals surface area (Å²) in [6.45, 7) is 1.22. The third-order valence-electron chi connectivity index (χ3n) is 5.42. The second kappa shape index (κ2) is 4.40. The van der Waals surface area contributed by atoms with Crippen molar-refractivity contribution < 1.29 is 14.3 Å². The maximum atomic E-state index is 12.9. The quantitative estimate of drug-likeness (QED) is 0.788. The molecule has 4 rings (SSSR count). The van der Waals surface area contributed by atoms with Crippen LogP contribution < -0.4 is 0 Å². The molecule has 0 amide bonds. The van der Waals surface area contributed by atoms with Gasteiger partial charge in [0, 0.05) is 12.3 Å². The number of rotatable bonds is 1. The van der Waals surface area contributed by atoms with E-state index < -0.39 is 11.2 Å². The van der Waals surface area contributed by atoms with Gasteiger partial charge in [0.1, 0.15) is 11.2 Å². The average molecular weight is 272 g/mol. The van der Waals surface area contributed by atoms with Crippen LogP contribution in [-0.2, 0) is 19.7 Å². The molecule has 2 bridgehead atoms. The Morgan fingerprint density at radius 3 is 2.55 bits per heavy atom. The first-order valence-corrected chi connectivity index (χ1v) is 7.66. The van der Waals surface area contributed by atoms with Crippen molar-refractivity contribution in [3.8, 4) is 0 Å². The lowest BCUT2D eigenvalue weighted by Gasteiger charge is -2.56. The first kappa shape index (κ1) is 12.5. The fourth-order valence-electron chi connectivity index (χ4n) is 4.65. The van der Waals surface area contributed by atoms with Crippen molar-refractivity contribution in [1.82, 2.24) is 0 Å². The topological polar surface area (TPSA) is 35.5 Å². The summed E-state index contributed by atoms with van der Waals surface area (Å²) < 4.78 is 12.3. The molecule has 3 fully saturated rings. The second-order valence-electron chi connectivity index (χ2n) is 6.19. The van der Waals surface area contributed by atoms with Gasteiger partial charge < -0.3 is 9.47 Å². The summed E-state index contributed by atoms with van der Waals surface area (Å²) >= 11 is 0. The highest BCUT2D eigenvalue weighted by Crippen LogP contribution is 2.58. The first-order valence-electron chi connectivity index (χ1n) is 7.66. The molecular weight excluding hydrogens is 252 g/mol. The Labute approximate surface area is 119 Å². The SMILES string of the molecule is O=C1CCC2CCCC1(c1ccccc1)C21OCCO1. The molecule has 2 unspecified atom stereocenters. The van der Waals surface area contributed by atoms with Crippen LogP contribution in [0.3, 0.4) is 0 Å². The Morgan fingerprint density at radius 2 is 1.80 bits per heavy atom. The van der Waals surface area contributed by atoms with Crippen molar-refractivity contribution in [2.45, 2.75) is 43.3 Å². The zero-order valence-corrected chi connectivity index (χ0v) is 11.6. The number of carbonyl (C=O) groups excluding carboxylic acids is 1. The molecule has 106 valence electrons. The average Bonchev–Trinajstić information content (AvgIpc) is 2.95. The highest BCUT2D eigenvalue weighted by molar-refractivity contribution is 5.92. The van der Waals surface area contributed by atoms with Gasteiger partial charge in [0.2, 0.25) is 0 Å². The molecule has 1 heterocycles. The van der Waals surface area contributed by atoms with Gasteiger partial charge in [0.15, 0.2) is 5.79 Å². The molecule has 1 saturated heterocycles. The molecule has 1 aromatic carbocycles. The van der Waals surface area contributed by atoms with E-state index in [0.717, 1.165) is 31.2 Å². The van der Waals surface area contributed by atoms with E-state index in [1.54, 1.807) is 0 Å². The molecule has 3 heteroatoms. The summed E-state index contributed by atoms with van der Waals surface area (Å²) in [5.41, 5.74) is 0.502. The number of Topliss-reactive ketones (excluding diaryl/α,β-unsaturated/α-hetero) is 1. The number of hydrogen-bond acceptors (Lipinski definition) is 3. The highest BCUT2D eigenvalue weighted by Gasteiger charge is 2.67. The van der Waals surface area contributed by atoms with Crippen LogP contribution >= 0.6 is 0 Å². The van der Waals surface area contributed by atoms with E-state index in [9.17, 15) is 4.79 Å². The van der Waals surface area contributed by atoms with Gasteiger partial charge in [-0.15, -0.1) is 0 Å². The van der Waals surface area contributed by atoms with Gasteiger partial charge in [0.25, 0.3) is 0 Å². The van der Waals surface area contributed by atoms with Crippen LogP contribution in [0.25, 0.3) is 0 Å². The van der Waals surface area contributed by atoms with E-state index in [4.69, 9.17) is 9.47 Å². The normalized spacial score (nSPS) is 35.4. The van der Waals surface area contributed by atoms with E-state index in [1.165, 1.54) is 0 Å². The Hall–Kier alpha value is -1.19. The number of ether oxygens (including phenoxy) is 2. The number of carbonyl (C=O) groups is 1. The van der Waals surface area contributed by atoms with Crippen LogP contribution in [0.2, 0.25) is 0 Å². The van der Waals surface area contributed by atoms with E-state index in [0.29, 0.717) is 31.3 Å². The second-order valence-corrected chi connectivity index (χ2v) is 6.19. The molecule has 0 aromatic heterocycles. The molecular formula is C17H20O3. The zero-order chi connectivity index (χ0) is 13.6. The van der Waals surface area contributed by atoms with Crippen molar-refractivity contribution in [3.63, 3.8) is 0 Å². The number of benzene rings is 1. The van der Waals surface area contributed by atoms with Crippen molar-refractivity contribution in [2.75, 3.05) is 13.2 Å². The monoisotopic (exact) mass is 272 g/mol. The third-order valence-corrected chi connectivity index (χ3v) is 5.42. The maximum absolute atomic E-state index is 12.9. The van der Waals surface area contributed by atoms with E-state index >= 15 is 0 Å². The van der Waals surface area contributed by atoms with Crippen molar-refractivity contribution >= 4 is 5.78 Å². The van der Waals surface area contributed by atoms with Gasteiger partial charge in [-0.05, 0) is 24.8 Å². The standard InChI is InChI=1S/C17H20O3/c18-15-9-8-14-7-4-10-16(15,13-5-2-1-3-6-13)17(14)19-11-12-20-17/h1-3,5-6,14H,4,7-12H2. The van der Waals surface area contributed by atoms with Gasteiger partial charge in [-0.25, -0.2) is 0 Å². The van der Waals surface area contributed by atoms with Crippen LogP contribution in [-0.4, -0.2) is 24.8 Å². The molecule has 1 aromatic rings. The lowest BCUT2D eigenvalue weighted by Crippen LogP contribution is -2.66. The van der Waals surface area contributed by atoms with Crippen molar-refractivity contribution in [2.24, 2.45) is 5.92 Å². The van der Waals surface area contributed by atoms with Gasteiger partial charge in [-0.2, -0.15) is 0 Å². The van der Waals surface area contributed by atoms with Crippen molar-refractivity contribution in [1.29, 1.82) is 0 Å². The molecule has 2 atom stereocenters. The third kappa shape index (κ3) is 1.40. The molecule has 20 heavy (non-hydrogen) atoms. The van der Waals surface area contributed by atoms with Crippen LogP contribution in [0.1, 0.15) is 37.7 Å². The summed E-state index contributed by atoms with van der Waals surface area (Å²) in [6.07, 6.45) is 4.62. The zero-order valence-electron chi connectivity index (χ0n) is 11.6. The smallest absolute Gasteiger partial charge is 0.187 e. The molecule has 0 radical (unpaired) electrons. The number of hydrogen-bond donors (Lipinski definition) is 0. The predicted octanol–water partition coefficient (Wildman–Crippen LogP) is 2.83. The van der Waals surface area contributed by atoms with Crippen LogP contribution in [0.4, 0.5) is 0 Å². The summed E-state index contributed by atoms with van der Waals surface area (Å²) in [7, 11) is 0. The van der Waals surface area contributed by atoms with Gasteiger partial charge >= 0.3 is 0 Å². The van der Waals surface area contributed by atoms with Gasteiger partial charge in [0.05, 0.1) is 13.2 Å². The fourth-order valence-corrected chi connectivity index (χ4v) is 4.65. The molecule has 3 nitrogen and oxygen atoms in total. The lowest BCUT2D eigenvalue weighted by molar-refractivity contribution is -0.262. The maximum Gasteiger partial charge on any atom is 0.187 e. The molecule has 3 aliphatic rings. The fraction of sp³-hybridized carbons (Fsp3) is 0.588. The summed E-state index contributed by atoms with van der Waals surface area (Å²) in [5, 5.41) is 0. The van der Waals surface area contributed by atoms with E-state index in [1.807, 2.05) is 18.2 Å². The minimum absolute atomic E-state index is 0.307. The van der Waals surface area contributed by atoms with Crippen molar-refractivity contribution in [3.05, 3.63) is 35.9 Å². The molecule has 0 N–H and O–H groups in total. The lowest BCUT2D eigenvalue weighted by atomic mass is 9.54. The Balaban J connectivity index is 1.93. The molecule has 2 saturated carbocycles. The Morgan fingerprint density at radius 1 is 1.05 bits per heavy atom. The van der Waals surface area contributed by atoms with E-state index in [-0.39, 0.29) is 0 Å². The summed E-state index contributed by atoms with van der Waals surface area (Å²) in [4.78, 5) is 12.9. The Bertz CT molecular complexity index is 518. The minimum Gasteiger partial charge on any atom is -0.346 e. The highest BCUT2D eigenvalue weighted by atomic mass is 16.7.